The van der Waals surface area contributed by atoms with Gasteiger partial charge < -0.3 is 11.1 Å². The van der Waals surface area contributed by atoms with E-state index in [-0.39, 0.29) is 6.04 Å². The number of aromatic nitrogens is 2. The van der Waals surface area contributed by atoms with Crippen LogP contribution in [0.15, 0.2) is 65.1 Å². The standard InChI is InChI=1S/C20H21BrN4/c1-14(16-5-3-2-4-6-16)23-20-13-18(22)24-19(25-20)12-9-15-7-10-17(21)11-8-15/h2-8,10-11,13-14H,9,12H2,1H3,(H3,22,23,24,25)/t14-/m0/s1. The second-order valence-corrected chi connectivity index (χ2v) is 6.91. The molecule has 3 aromatic rings. The molecule has 128 valence electrons. The van der Waals surface area contributed by atoms with Crippen molar-refractivity contribution in [3.8, 4) is 0 Å². The van der Waals surface area contributed by atoms with Gasteiger partial charge in [-0.1, -0.05) is 58.4 Å². The molecule has 0 unspecified atom stereocenters. The van der Waals surface area contributed by atoms with Gasteiger partial charge in [0.15, 0.2) is 0 Å². The molecule has 0 spiro atoms. The molecule has 0 saturated heterocycles. The summed E-state index contributed by atoms with van der Waals surface area (Å²) in [7, 11) is 0. The number of rotatable bonds is 6. The lowest BCUT2D eigenvalue weighted by molar-refractivity contribution is 0.835. The Labute approximate surface area is 156 Å². The number of benzene rings is 2. The van der Waals surface area contributed by atoms with Crippen LogP contribution in [0.1, 0.15) is 29.9 Å². The molecule has 3 N–H and O–H groups in total. The smallest absolute Gasteiger partial charge is 0.133 e. The summed E-state index contributed by atoms with van der Waals surface area (Å²) in [6, 6.07) is 20.5. The summed E-state index contributed by atoms with van der Waals surface area (Å²) in [5, 5.41) is 3.41. The van der Waals surface area contributed by atoms with Crippen molar-refractivity contribution in [2.45, 2.75) is 25.8 Å². The lowest BCUT2D eigenvalue weighted by Crippen LogP contribution is -2.11. The molecule has 2 aromatic carbocycles. The van der Waals surface area contributed by atoms with E-state index in [1.54, 1.807) is 6.07 Å². The summed E-state index contributed by atoms with van der Waals surface area (Å²) in [6.45, 7) is 2.11. The first kappa shape index (κ1) is 17.4. The molecule has 4 nitrogen and oxygen atoms in total. The van der Waals surface area contributed by atoms with Crippen LogP contribution in [0.2, 0.25) is 0 Å². The van der Waals surface area contributed by atoms with Crippen molar-refractivity contribution in [2.75, 3.05) is 11.1 Å². The monoisotopic (exact) mass is 396 g/mol. The largest absolute Gasteiger partial charge is 0.384 e. The molecule has 0 amide bonds. The normalized spacial score (nSPS) is 11.9. The fraction of sp³-hybridized carbons (Fsp3) is 0.200. The Morgan fingerprint density at radius 1 is 1.00 bits per heavy atom. The highest BCUT2D eigenvalue weighted by molar-refractivity contribution is 9.10. The predicted octanol–water partition coefficient (Wildman–Crippen LogP) is 4.78. The molecule has 1 aromatic heterocycles. The SMILES string of the molecule is C[C@H](Nc1cc(N)nc(CCc2ccc(Br)cc2)n1)c1ccccc1. The molecular weight excluding hydrogens is 376 g/mol. The first-order valence-electron chi connectivity index (χ1n) is 8.29. The lowest BCUT2D eigenvalue weighted by atomic mass is 10.1. The fourth-order valence-corrected chi connectivity index (χ4v) is 2.92. The fourth-order valence-electron chi connectivity index (χ4n) is 2.66. The van der Waals surface area contributed by atoms with E-state index >= 15 is 0 Å². The van der Waals surface area contributed by atoms with E-state index in [2.05, 4.69) is 62.4 Å². The summed E-state index contributed by atoms with van der Waals surface area (Å²) >= 11 is 3.45. The zero-order chi connectivity index (χ0) is 17.6. The number of hydrogen-bond acceptors (Lipinski definition) is 4. The van der Waals surface area contributed by atoms with Crippen LogP contribution in [-0.2, 0) is 12.8 Å². The Hall–Kier alpha value is -2.40. The number of halogens is 1. The summed E-state index contributed by atoms with van der Waals surface area (Å²) in [6.07, 6.45) is 1.63. The summed E-state index contributed by atoms with van der Waals surface area (Å²) < 4.78 is 1.08. The molecule has 0 saturated carbocycles. The van der Waals surface area contributed by atoms with Crippen molar-refractivity contribution in [3.63, 3.8) is 0 Å². The van der Waals surface area contributed by atoms with E-state index in [9.17, 15) is 0 Å². The Balaban J connectivity index is 1.68. The zero-order valence-corrected chi connectivity index (χ0v) is 15.7. The highest BCUT2D eigenvalue weighted by Crippen LogP contribution is 2.19. The van der Waals surface area contributed by atoms with Gasteiger partial charge in [0.05, 0.1) is 0 Å². The third-order valence-corrected chi connectivity index (χ3v) is 4.54. The van der Waals surface area contributed by atoms with Gasteiger partial charge in [-0.25, -0.2) is 9.97 Å². The minimum atomic E-state index is 0.148. The van der Waals surface area contributed by atoms with E-state index in [4.69, 9.17) is 5.73 Å². The van der Waals surface area contributed by atoms with Gasteiger partial charge in [0.1, 0.15) is 17.5 Å². The molecule has 0 aliphatic heterocycles. The van der Waals surface area contributed by atoms with Crippen molar-refractivity contribution < 1.29 is 0 Å². The van der Waals surface area contributed by atoms with Crippen LogP contribution in [0.5, 0.6) is 0 Å². The zero-order valence-electron chi connectivity index (χ0n) is 14.1. The van der Waals surface area contributed by atoms with Gasteiger partial charge in [-0.3, -0.25) is 0 Å². The molecule has 0 aliphatic carbocycles. The molecule has 1 heterocycles. The molecule has 25 heavy (non-hydrogen) atoms. The Morgan fingerprint density at radius 2 is 1.72 bits per heavy atom. The number of hydrogen-bond donors (Lipinski definition) is 2. The van der Waals surface area contributed by atoms with E-state index in [0.717, 1.165) is 29.0 Å². The maximum absolute atomic E-state index is 5.97. The third-order valence-electron chi connectivity index (χ3n) is 4.01. The summed E-state index contributed by atoms with van der Waals surface area (Å²) in [5.41, 5.74) is 8.42. The van der Waals surface area contributed by atoms with Gasteiger partial charge in [0.2, 0.25) is 0 Å². The molecule has 0 aliphatic rings. The van der Waals surface area contributed by atoms with E-state index in [1.807, 2.05) is 30.3 Å². The van der Waals surface area contributed by atoms with Crippen LogP contribution in [0, 0.1) is 0 Å². The Bertz CT molecular complexity index is 819. The second-order valence-electron chi connectivity index (χ2n) is 6.00. The number of nitrogen functional groups attached to an aromatic ring is 1. The summed E-state index contributed by atoms with van der Waals surface area (Å²) in [5.74, 6) is 2.00. The minimum absolute atomic E-state index is 0.148. The molecule has 0 radical (unpaired) electrons. The van der Waals surface area contributed by atoms with Crippen LogP contribution in [-0.4, -0.2) is 9.97 Å². The average molecular weight is 397 g/mol. The number of nitrogens with two attached hydrogens (primary N) is 1. The van der Waals surface area contributed by atoms with Gasteiger partial charge >= 0.3 is 0 Å². The predicted molar refractivity (Wildman–Crippen MR) is 106 cm³/mol. The number of nitrogens with one attached hydrogen (secondary N) is 1. The maximum atomic E-state index is 5.97. The molecule has 0 bridgehead atoms. The molecule has 3 rings (SSSR count). The van der Waals surface area contributed by atoms with Crippen molar-refractivity contribution in [1.82, 2.24) is 9.97 Å². The topological polar surface area (TPSA) is 63.8 Å². The maximum Gasteiger partial charge on any atom is 0.133 e. The second kappa shape index (κ2) is 8.12. The van der Waals surface area contributed by atoms with Crippen molar-refractivity contribution in [2.24, 2.45) is 0 Å². The molecule has 5 heteroatoms. The van der Waals surface area contributed by atoms with E-state index in [0.29, 0.717) is 5.82 Å². The van der Waals surface area contributed by atoms with E-state index < -0.39 is 0 Å². The van der Waals surface area contributed by atoms with Gasteiger partial charge in [-0.05, 0) is 36.6 Å². The quantitative estimate of drug-likeness (QED) is 0.629. The highest BCUT2D eigenvalue weighted by Gasteiger charge is 2.08. The van der Waals surface area contributed by atoms with Crippen molar-refractivity contribution >= 4 is 27.6 Å². The van der Waals surface area contributed by atoms with Crippen LogP contribution >= 0.6 is 15.9 Å². The van der Waals surface area contributed by atoms with Gasteiger partial charge in [0.25, 0.3) is 0 Å². The Kier molecular flexibility index (Phi) is 5.66. The van der Waals surface area contributed by atoms with Crippen LogP contribution in [0.25, 0.3) is 0 Å². The van der Waals surface area contributed by atoms with Crippen molar-refractivity contribution in [3.05, 3.63) is 82.1 Å². The van der Waals surface area contributed by atoms with Crippen LogP contribution in [0.4, 0.5) is 11.6 Å². The number of aryl methyl sites for hydroxylation is 2. The summed E-state index contributed by atoms with van der Waals surface area (Å²) in [4.78, 5) is 8.98. The number of anilines is 2. The first-order valence-corrected chi connectivity index (χ1v) is 9.09. The van der Waals surface area contributed by atoms with Gasteiger partial charge in [-0.2, -0.15) is 0 Å². The van der Waals surface area contributed by atoms with E-state index in [1.165, 1.54) is 11.1 Å². The van der Waals surface area contributed by atoms with Gasteiger partial charge in [-0.15, -0.1) is 0 Å². The molecule has 0 fully saturated rings. The lowest BCUT2D eigenvalue weighted by Gasteiger charge is -2.15. The third kappa shape index (κ3) is 5.03. The number of nitrogens with zero attached hydrogens (tertiary/aromatic N) is 2. The molecular formula is C20H21BrN4. The van der Waals surface area contributed by atoms with Crippen molar-refractivity contribution in [1.29, 1.82) is 0 Å². The molecule has 1 atom stereocenters. The Morgan fingerprint density at radius 3 is 2.44 bits per heavy atom. The first-order chi connectivity index (χ1) is 12.1. The minimum Gasteiger partial charge on any atom is -0.384 e. The van der Waals surface area contributed by atoms with Crippen LogP contribution in [0.3, 0.4) is 0 Å². The van der Waals surface area contributed by atoms with Gasteiger partial charge in [0, 0.05) is 23.0 Å². The highest BCUT2D eigenvalue weighted by atomic mass is 79.9. The average Bonchev–Trinajstić information content (AvgIpc) is 2.61. The van der Waals surface area contributed by atoms with Crippen LogP contribution < -0.4 is 11.1 Å².